The van der Waals surface area contributed by atoms with Crippen molar-refractivity contribution in [1.29, 1.82) is 0 Å². The molecule has 0 bridgehead atoms. The van der Waals surface area contributed by atoms with Crippen molar-refractivity contribution >= 4 is 28.8 Å². The molecule has 1 aromatic heterocycles. The Labute approximate surface area is 150 Å². The predicted octanol–water partition coefficient (Wildman–Crippen LogP) is 3.21. The Balaban J connectivity index is 1.62. The standard InChI is InChI=1S/C17H19ClN2O3S/c1-11-6-12(2-3-14(11)18)17(21)20-15-4-5-22-8-16(15)23-7-13-9-24-10-19-13/h2-3,6,9-10,15-16H,4-5,7-8H2,1H3,(H,20,21)/t15-,16-/m1/s1. The van der Waals surface area contributed by atoms with E-state index in [1.807, 2.05) is 12.3 Å². The van der Waals surface area contributed by atoms with Crippen LogP contribution in [-0.4, -0.2) is 36.3 Å². The molecular formula is C17H19ClN2O3S. The van der Waals surface area contributed by atoms with E-state index < -0.39 is 0 Å². The second-order valence-corrected chi connectivity index (χ2v) is 6.86. The number of thiazole rings is 1. The summed E-state index contributed by atoms with van der Waals surface area (Å²) in [5.74, 6) is -0.121. The Bertz CT molecular complexity index is 693. The number of nitrogens with zero attached hydrogens (tertiary/aromatic N) is 1. The van der Waals surface area contributed by atoms with Gasteiger partial charge in [0.1, 0.15) is 6.10 Å². The molecule has 7 heteroatoms. The van der Waals surface area contributed by atoms with E-state index in [-0.39, 0.29) is 18.1 Å². The number of aryl methyl sites for hydroxylation is 1. The molecule has 1 fully saturated rings. The van der Waals surface area contributed by atoms with E-state index in [0.717, 1.165) is 17.7 Å². The molecular weight excluding hydrogens is 348 g/mol. The minimum atomic E-state index is -0.183. The molecule has 2 heterocycles. The molecule has 0 spiro atoms. The van der Waals surface area contributed by atoms with E-state index in [1.165, 1.54) is 11.3 Å². The molecule has 2 aromatic rings. The molecule has 1 amide bonds. The van der Waals surface area contributed by atoms with Crippen LogP contribution in [0.5, 0.6) is 0 Å². The first-order valence-electron chi connectivity index (χ1n) is 7.77. The lowest BCUT2D eigenvalue weighted by Crippen LogP contribution is -2.50. The third kappa shape index (κ3) is 4.33. The number of nitrogens with one attached hydrogen (secondary N) is 1. The number of rotatable bonds is 5. The summed E-state index contributed by atoms with van der Waals surface area (Å²) in [6.45, 7) is 3.38. The van der Waals surface area contributed by atoms with Crippen LogP contribution in [0.25, 0.3) is 0 Å². The molecule has 1 aromatic carbocycles. The third-order valence-corrected chi connectivity index (χ3v) is 5.03. The fraction of sp³-hybridized carbons (Fsp3) is 0.412. The Morgan fingerprint density at radius 1 is 1.54 bits per heavy atom. The monoisotopic (exact) mass is 366 g/mol. The maximum absolute atomic E-state index is 12.5. The zero-order valence-electron chi connectivity index (χ0n) is 13.3. The van der Waals surface area contributed by atoms with Gasteiger partial charge in [-0.15, -0.1) is 11.3 Å². The second kappa shape index (κ2) is 8.07. The quantitative estimate of drug-likeness (QED) is 0.882. The lowest BCUT2D eigenvalue weighted by atomic mass is 10.0. The minimum absolute atomic E-state index is 0.0825. The number of ether oxygens (including phenoxy) is 2. The molecule has 1 aliphatic rings. The maximum atomic E-state index is 12.5. The number of carbonyl (C=O) groups excluding carboxylic acids is 1. The highest BCUT2D eigenvalue weighted by atomic mass is 35.5. The Morgan fingerprint density at radius 2 is 2.42 bits per heavy atom. The number of hydrogen-bond acceptors (Lipinski definition) is 5. The summed E-state index contributed by atoms with van der Waals surface area (Å²) < 4.78 is 11.4. The average Bonchev–Trinajstić information content (AvgIpc) is 3.10. The van der Waals surface area contributed by atoms with E-state index in [4.69, 9.17) is 21.1 Å². The fourth-order valence-corrected chi connectivity index (χ4v) is 3.24. The summed E-state index contributed by atoms with van der Waals surface area (Å²) in [6.07, 6.45) is 0.540. The van der Waals surface area contributed by atoms with Crippen LogP contribution in [0, 0.1) is 6.92 Å². The van der Waals surface area contributed by atoms with Crippen LogP contribution in [0.15, 0.2) is 29.1 Å². The van der Waals surface area contributed by atoms with Gasteiger partial charge in [0.25, 0.3) is 5.91 Å². The van der Waals surface area contributed by atoms with Gasteiger partial charge in [0.2, 0.25) is 0 Å². The van der Waals surface area contributed by atoms with Crippen LogP contribution in [-0.2, 0) is 16.1 Å². The Morgan fingerprint density at radius 3 is 3.17 bits per heavy atom. The van der Waals surface area contributed by atoms with Crippen molar-refractivity contribution in [2.75, 3.05) is 13.2 Å². The van der Waals surface area contributed by atoms with Gasteiger partial charge in [0.05, 0.1) is 30.5 Å². The van der Waals surface area contributed by atoms with E-state index in [1.54, 1.807) is 23.7 Å². The van der Waals surface area contributed by atoms with E-state index >= 15 is 0 Å². The van der Waals surface area contributed by atoms with Crippen molar-refractivity contribution in [2.24, 2.45) is 0 Å². The predicted molar refractivity (Wildman–Crippen MR) is 93.6 cm³/mol. The van der Waals surface area contributed by atoms with E-state index in [0.29, 0.717) is 30.4 Å². The van der Waals surface area contributed by atoms with Crippen molar-refractivity contribution in [2.45, 2.75) is 32.1 Å². The summed E-state index contributed by atoms with van der Waals surface area (Å²) in [5, 5.41) is 5.66. The van der Waals surface area contributed by atoms with Crippen molar-refractivity contribution < 1.29 is 14.3 Å². The van der Waals surface area contributed by atoms with Crippen LogP contribution in [0.2, 0.25) is 5.02 Å². The highest BCUT2D eigenvalue weighted by Gasteiger charge is 2.28. The molecule has 1 saturated heterocycles. The molecule has 1 aliphatic heterocycles. The maximum Gasteiger partial charge on any atom is 0.251 e. The second-order valence-electron chi connectivity index (χ2n) is 5.74. The summed E-state index contributed by atoms with van der Waals surface area (Å²) in [7, 11) is 0. The molecule has 24 heavy (non-hydrogen) atoms. The van der Waals surface area contributed by atoms with Gasteiger partial charge in [-0.3, -0.25) is 4.79 Å². The number of aromatic nitrogens is 1. The fourth-order valence-electron chi connectivity index (χ4n) is 2.58. The smallest absolute Gasteiger partial charge is 0.251 e. The highest BCUT2D eigenvalue weighted by Crippen LogP contribution is 2.18. The molecule has 0 saturated carbocycles. The van der Waals surface area contributed by atoms with Crippen LogP contribution >= 0.6 is 22.9 Å². The largest absolute Gasteiger partial charge is 0.379 e. The molecule has 128 valence electrons. The van der Waals surface area contributed by atoms with Gasteiger partial charge in [-0.05, 0) is 37.1 Å². The topological polar surface area (TPSA) is 60.5 Å². The first-order chi connectivity index (χ1) is 11.6. The molecule has 5 nitrogen and oxygen atoms in total. The number of halogens is 1. The van der Waals surface area contributed by atoms with Gasteiger partial charge in [-0.1, -0.05) is 11.6 Å². The summed E-state index contributed by atoms with van der Waals surface area (Å²) in [4.78, 5) is 16.7. The number of amides is 1. The van der Waals surface area contributed by atoms with E-state index in [2.05, 4.69) is 10.3 Å². The van der Waals surface area contributed by atoms with Crippen LogP contribution in [0.3, 0.4) is 0 Å². The molecule has 0 radical (unpaired) electrons. The number of benzene rings is 1. The zero-order valence-corrected chi connectivity index (χ0v) is 14.9. The van der Waals surface area contributed by atoms with Crippen molar-refractivity contribution in [3.8, 4) is 0 Å². The van der Waals surface area contributed by atoms with E-state index in [9.17, 15) is 4.79 Å². The van der Waals surface area contributed by atoms with Crippen LogP contribution in [0.4, 0.5) is 0 Å². The first kappa shape index (κ1) is 17.4. The highest BCUT2D eigenvalue weighted by molar-refractivity contribution is 7.07. The third-order valence-electron chi connectivity index (χ3n) is 3.97. The van der Waals surface area contributed by atoms with Crippen LogP contribution < -0.4 is 5.32 Å². The van der Waals surface area contributed by atoms with Crippen molar-refractivity contribution in [3.63, 3.8) is 0 Å². The number of carbonyl (C=O) groups is 1. The van der Waals surface area contributed by atoms with Gasteiger partial charge in [0, 0.05) is 22.6 Å². The lowest BCUT2D eigenvalue weighted by Gasteiger charge is -2.32. The summed E-state index contributed by atoms with van der Waals surface area (Å²) >= 11 is 7.55. The van der Waals surface area contributed by atoms with Crippen molar-refractivity contribution in [1.82, 2.24) is 10.3 Å². The Hall–Kier alpha value is -1.47. The Kier molecular flexibility index (Phi) is 5.84. The average molecular weight is 367 g/mol. The van der Waals surface area contributed by atoms with Gasteiger partial charge in [-0.25, -0.2) is 4.98 Å². The van der Waals surface area contributed by atoms with Gasteiger partial charge >= 0.3 is 0 Å². The first-order valence-corrected chi connectivity index (χ1v) is 9.09. The zero-order chi connectivity index (χ0) is 16.9. The molecule has 2 atom stereocenters. The van der Waals surface area contributed by atoms with Gasteiger partial charge < -0.3 is 14.8 Å². The van der Waals surface area contributed by atoms with Gasteiger partial charge in [-0.2, -0.15) is 0 Å². The lowest BCUT2D eigenvalue weighted by molar-refractivity contribution is -0.0742. The van der Waals surface area contributed by atoms with Crippen LogP contribution in [0.1, 0.15) is 28.0 Å². The number of hydrogen-bond donors (Lipinski definition) is 1. The SMILES string of the molecule is Cc1cc(C(=O)N[C@@H]2CCOC[C@H]2OCc2cscn2)ccc1Cl. The summed E-state index contributed by atoms with van der Waals surface area (Å²) in [5.41, 5.74) is 4.15. The minimum Gasteiger partial charge on any atom is -0.379 e. The summed E-state index contributed by atoms with van der Waals surface area (Å²) in [6, 6.07) is 5.18. The molecule has 0 aliphatic carbocycles. The van der Waals surface area contributed by atoms with Crippen molar-refractivity contribution in [3.05, 3.63) is 50.9 Å². The normalized spacial score (nSPS) is 20.8. The molecule has 0 unspecified atom stereocenters. The molecule has 1 N–H and O–H groups in total. The molecule has 3 rings (SSSR count). The van der Waals surface area contributed by atoms with Gasteiger partial charge in [0.15, 0.2) is 0 Å².